The van der Waals surface area contributed by atoms with Gasteiger partial charge in [-0.25, -0.2) is 0 Å². The Balaban J connectivity index is 1.81. The van der Waals surface area contributed by atoms with Crippen molar-refractivity contribution in [1.29, 1.82) is 0 Å². The van der Waals surface area contributed by atoms with Crippen molar-refractivity contribution in [2.24, 2.45) is 5.92 Å². The van der Waals surface area contributed by atoms with E-state index in [-0.39, 0.29) is 0 Å². The molecule has 1 saturated carbocycles. The summed E-state index contributed by atoms with van der Waals surface area (Å²) in [6, 6.07) is 0.592. The maximum Gasteiger partial charge on any atom is 0.222 e. The lowest BCUT2D eigenvalue weighted by Gasteiger charge is -2.30. The summed E-state index contributed by atoms with van der Waals surface area (Å²) in [5.41, 5.74) is 0. The van der Waals surface area contributed by atoms with Gasteiger partial charge in [-0.05, 0) is 51.1 Å². The van der Waals surface area contributed by atoms with Crippen LogP contribution in [0.1, 0.15) is 51.9 Å². The molecule has 98 valence electrons. The van der Waals surface area contributed by atoms with Crippen LogP contribution in [0.15, 0.2) is 0 Å². The third-order valence-corrected chi connectivity index (χ3v) is 3.97. The molecule has 0 radical (unpaired) electrons. The van der Waals surface area contributed by atoms with Crippen molar-refractivity contribution in [3.05, 3.63) is 0 Å². The number of nitrogens with zero attached hydrogens (tertiary/aromatic N) is 1. The molecule has 1 heterocycles. The molecule has 3 heteroatoms. The lowest BCUT2D eigenvalue weighted by atomic mass is 9.97. The van der Waals surface area contributed by atoms with E-state index in [9.17, 15) is 4.79 Å². The fraction of sp³-hybridized carbons (Fsp3) is 0.929. The number of rotatable bonds is 6. The molecule has 3 nitrogen and oxygen atoms in total. The molecule has 0 atom stereocenters. The van der Waals surface area contributed by atoms with Crippen LogP contribution in [0.4, 0.5) is 0 Å². The lowest BCUT2D eigenvalue weighted by Crippen LogP contribution is -2.40. The molecule has 1 aliphatic carbocycles. The standard InChI is InChI=1S/C14H26N2O/c1-2-3-4-14(17)16(13-5-6-13)11-12-7-9-15-10-8-12/h12-13,15H,2-11H2,1H3. The van der Waals surface area contributed by atoms with Crippen LogP contribution in [0.3, 0.4) is 0 Å². The van der Waals surface area contributed by atoms with Crippen molar-refractivity contribution >= 4 is 5.91 Å². The third-order valence-electron chi connectivity index (χ3n) is 3.97. The number of hydrogen-bond acceptors (Lipinski definition) is 2. The molecule has 0 bridgehead atoms. The van der Waals surface area contributed by atoms with E-state index in [1.54, 1.807) is 0 Å². The Morgan fingerprint density at radius 1 is 1.24 bits per heavy atom. The van der Waals surface area contributed by atoms with Crippen LogP contribution in [-0.4, -0.2) is 36.5 Å². The van der Waals surface area contributed by atoms with Gasteiger partial charge in [0, 0.05) is 19.0 Å². The van der Waals surface area contributed by atoms with E-state index in [4.69, 9.17) is 0 Å². The van der Waals surface area contributed by atoms with E-state index in [0.717, 1.165) is 44.8 Å². The predicted molar refractivity (Wildman–Crippen MR) is 69.9 cm³/mol. The number of nitrogens with one attached hydrogen (secondary N) is 1. The van der Waals surface area contributed by atoms with Crippen molar-refractivity contribution in [3.63, 3.8) is 0 Å². The minimum absolute atomic E-state index is 0.410. The minimum Gasteiger partial charge on any atom is -0.339 e. The van der Waals surface area contributed by atoms with Gasteiger partial charge in [0.05, 0.1) is 0 Å². The highest BCUT2D eigenvalue weighted by molar-refractivity contribution is 5.76. The van der Waals surface area contributed by atoms with Crippen LogP contribution >= 0.6 is 0 Å². The van der Waals surface area contributed by atoms with Crippen molar-refractivity contribution < 1.29 is 4.79 Å². The largest absolute Gasteiger partial charge is 0.339 e. The van der Waals surface area contributed by atoms with E-state index in [1.807, 2.05) is 0 Å². The Hall–Kier alpha value is -0.570. The zero-order chi connectivity index (χ0) is 12.1. The summed E-state index contributed by atoms with van der Waals surface area (Å²) in [5, 5.41) is 3.39. The molecule has 0 aromatic rings. The molecular weight excluding hydrogens is 212 g/mol. The average Bonchev–Trinajstić information content (AvgIpc) is 3.18. The fourth-order valence-corrected chi connectivity index (χ4v) is 2.65. The molecule has 1 N–H and O–H groups in total. The molecule has 0 unspecified atom stereocenters. The van der Waals surface area contributed by atoms with E-state index in [2.05, 4.69) is 17.1 Å². The van der Waals surface area contributed by atoms with Crippen LogP contribution < -0.4 is 5.32 Å². The Morgan fingerprint density at radius 2 is 1.94 bits per heavy atom. The topological polar surface area (TPSA) is 32.3 Å². The van der Waals surface area contributed by atoms with Gasteiger partial charge in [0.15, 0.2) is 0 Å². The zero-order valence-corrected chi connectivity index (χ0v) is 11.1. The Kier molecular flexibility index (Phi) is 4.84. The van der Waals surface area contributed by atoms with Crippen LogP contribution in [-0.2, 0) is 4.79 Å². The van der Waals surface area contributed by atoms with Gasteiger partial charge >= 0.3 is 0 Å². The van der Waals surface area contributed by atoms with Gasteiger partial charge in [0.2, 0.25) is 5.91 Å². The molecule has 2 rings (SSSR count). The number of carbonyl (C=O) groups is 1. The number of unbranched alkanes of at least 4 members (excludes halogenated alkanes) is 1. The number of carbonyl (C=O) groups excluding carboxylic acids is 1. The monoisotopic (exact) mass is 238 g/mol. The molecule has 1 amide bonds. The van der Waals surface area contributed by atoms with Gasteiger partial charge in [-0.1, -0.05) is 13.3 Å². The first-order chi connectivity index (χ1) is 8.31. The van der Waals surface area contributed by atoms with E-state index in [1.165, 1.54) is 25.7 Å². The molecule has 1 aliphatic heterocycles. The molecule has 2 aliphatic rings. The predicted octanol–water partition coefficient (Wildman–Crippen LogP) is 2.17. The molecule has 0 aromatic carbocycles. The summed E-state index contributed by atoms with van der Waals surface area (Å²) in [5.74, 6) is 1.15. The quantitative estimate of drug-likeness (QED) is 0.769. The van der Waals surface area contributed by atoms with Gasteiger partial charge in [0.25, 0.3) is 0 Å². The summed E-state index contributed by atoms with van der Waals surface area (Å²) in [4.78, 5) is 14.4. The summed E-state index contributed by atoms with van der Waals surface area (Å²) in [7, 11) is 0. The summed E-state index contributed by atoms with van der Waals surface area (Å²) < 4.78 is 0. The van der Waals surface area contributed by atoms with E-state index >= 15 is 0 Å². The summed E-state index contributed by atoms with van der Waals surface area (Å²) in [6.07, 6.45) is 7.89. The highest BCUT2D eigenvalue weighted by Crippen LogP contribution is 2.29. The minimum atomic E-state index is 0.410. The second-order valence-corrected chi connectivity index (χ2v) is 5.57. The first-order valence-electron chi connectivity index (χ1n) is 7.31. The van der Waals surface area contributed by atoms with Crippen molar-refractivity contribution in [2.45, 2.75) is 57.9 Å². The molecular formula is C14H26N2O. The SMILES string of the molecule is CCCCC(=O)N(CC1CCNCC1)C1CC1. The van der Waals surface area contributed by atoms with Gasteiger partial charge in [-0.15, -0.1) is 0 Å². The average molecular weight is 238 g/mol. The van der Waals surface area contributed by atoms with E-state index < -0.39 is 0 Å². The van der Waals surface area contributed by atoms with E-state index in [0.29, 0.717) is 11.9 Å². The highest BCUT2D eigenvalue weighted by Gasteiger charge is 2.33. The Bertz CT molecular complexity index is 245. The van der Waals surface area contributed by atoms with Crippen LogP contribution in [0.5, 0.6) is 0 Å². The van der Waals surface area contributed by atoms with Gasteiger partial charge < -0.3 is 10.2 Å². The first kappa shape index (κ1) is 12.9. The van der Waals surface area contributed by atoms with Crippen molar-refractivity contribution in [3.8, 4) is 0 Å². The number of hydrogen-bond donors (Lipinski definition) is 1. The maximum atomic E-state index is 12.2. The number of piperidine rings is 1. The Morgan fingerprint density at radius 3 is 2.53 bits per heavy atom. The smallest absolute Gasteiger partial charge is 0.222 e. The third kappa shape index (κ3) is 3.98. The summed E-state index contributed by atoms with van der Waals surface area (Å²) in [6.45, 7) is 5.44. The normalized spacial score (nSPS) is 21.5. The second kappa shape index (κ2) is 6.39. The fourth-order valence-electron chi connectivity index (χ4n) is 2.65. The number of amides is 1. The van der Waals surface area contributed by atoms with Crippen LogP contribution in [0, 0.1) is 5.92 Å². The zero-order valence-electron chi connectivity index (χ0n) is 11.1. The van der Waals surface area contributed by atoms with Gasteiger partial charge in [-0.2, -0.15) is 0 Å². The highest BCUT2D eigenvalue weighted by atomic mass is 16.2. The summed E-state index contributed by atoms with van der Waals surface area (Å²) >= 11 is 0. The van der Waals surface area contributed by atoms with Crippen molar-refractivity contribution in [2.75, 3.05) is 19.6 Å². The van der Waals surface area contributed by atoms with Crippen molar-refractivity contribution in [1.82, 2.24) is 10.2 Å². The van der Waals surface area contributed by atoms with Gasteiger partial charge in [0.1, 0.15) is 0 Å². The lowest BCUT2D eigenvalue weighted by molar-refractivity contribution is -0.132. The first-order valence-corrected chi connectivity index (χ1v) is 7.31. The second-order valence-electron chi connectivity index (χ2n) is 5.57. The maximum absolute atomic E-state index is 12.2. The molecule has 1 saturated heterocycles. The molecule has 17 heavy (non-hydrogen) atoms. The molecule has 2 fully saturated rings. The molecule has 0 spiro atoms. The molecule has 0 aromatic heterocycles. The van der Waals surface area contributed by atoms with Crippen LogP contribution in [0.2, 0.25) is 0 Å². The Labute approximate surface area is 105 Å². The van der Waals surface area contributed by atoms with Crippen LogP contribution in [0.25, 0.3) is 0 Å². The van der Waals surface area contributed by atoms with Gasteiger partial charge in [-0.3, -0.25) is 4.79 Å².